The second-order valence-corrected chi connectivity index (χ2v) is 5.51. The first-order chi connectivity index (χ1) is 11.2. The van der Waals surface area contributed by atoms with E-state index in [4.69, 9.17) is 9.15 Å². The van der Waals surface area contributed by atoms with Crippen molar-refractivity contribution in [1.29, 1.82) is 0 Å². The highest BCUT2D eigenvalue weighted by molar-refractivity contribution is 5.99. The van der Waals surface area contributed by atoms with Crippen LogP contribution in [0, 0.1) is 0 Å². The molecule has 114 valence electrons. The molecule has 0 radical (unpaired) electrons. The Kier molecular flexibility index (Phi) is 2.98. The molecular weight excluding hydrogens is 290 g/mol. The summed E-state index contributed by atoms with van der Waals surface area (Å²) in [6.07, 6.45) is 2.02. The molecule has 0 saturated carbocycles. The van der Waals surface area contributed by atoms with E-state index in [0.717, 1.165) is 27.4 Å². The Labute approximate surface area is 132 Å². The van der Waals surface area contributed by atoms with Crippen molar-refractivity contribution in [3.8, 4) is 16.9 Å². The summed E-state index contributed by atoms with van der Waals surface area (Å²) in [4.78, 5) is 11.9. The minimum absolute atomic E-state index is 0.367. The molecule has 2 aromatic heterocycles. The summed E-state index contributed by atoms with van der Waals surface area (Å²) in [5.74, 6) is 0.689. The van der Waals surface area contributed by atoms with Gasteiger partial charge in [0.15, 0.2) is 0 Å². The normalized spacial score (nSPS) is 11.2. The van der Waals surface area contributed by atoms with Gasteiger partial charge in [-0.05, 0) is 35.9 Å². The fourth-order valence-corrected chi connectivity index (χ4v) is 3.04. The SMILES string of the molecule is COc1cccc2oc(=O)cc(-c3ccc4c(ccn4C)c3)c12. The third-order valence-electron chi connectivity index (χ3n) is 4.15. The second kappa shape index (κ2) is 5.02. The van der Waals surface area contributed by atoms with E-state index < -0.39 is 0 Å². The molecule has 0 atom stereocenters. The zero-order valence-corrected chi connectivity index (χ0v) is 12.9. The van der Waals surface area contributed by atoms with Crippen molar-refractivity contribution in [2.24, 2.45) is 7.05 Å². The lowest BCUT2D eigenvalue weighted by Gasteiger charge is -2.10. The zero-order chi connectivity index (χ0) is 16.0. The molecule has 0 aliphatic heterocycles. The van der Waals surface area contributed by atoms with Crippen molar-refractivity contribution < 1.29 is 9.15 Å². The smallest absolute Gasteiger partial charge is 0.336 e. The largest absolute Gasteiger partial charge is 0.496 e. The van der Waals surface area contributed by atoms with E-state index in [1.54, 1.807) is 13.2 Å². The summed E-state index contributed by atoms with van der Waals surface area (Å²) in [7, 11) is 3.63. The molecule has 0 N–H and O–H groups in total. The van der Waals surface area contributed by atoms with Crippen LogP contribution in [0.3, 0.4) is 0 Å². The van der Waals surface area contributed by atoms with Gasteiger partial charge in [0.2, 0.25) is 0 Å². The predicted octanol–water partition coefficient (Wildman–Crippen LogP) is 3.96. The summed E-state index contributed by atoms with van der Waals surface area (Å²) in [5.41, 5.74) is 3.09. The molecule has 2 heterocycles. The molecule has 4 nitrogen and oxygen atoms in total. The quantitative estimate of drug-likeness (QED) is 0.527. The van der Waals surface area contributed by atoms with Crippen LogP contribution in [0.25, 0.3) is 33.0 Å². The van der Waals surface area contributed by atoms with Gasteiger partial charge in [-0.2, -0.15) is 0 Å². The molecule has 4 heteroatoms. The molecule has 2 aromatic carbocycles. The summed E-state index contributed by atoms with van der Waals surface area (Å²) in [5, 5.41) is 1.94. The molecule has 0 aliphatic carbocycles. The number of aromatic nitrogens is 1. The maximum atomic E-state index is 11.9. The van der Waals surface area contributed by atoms with Crippen molar-refractivity contribution in [1.82, 2.24) is 4.57 Å². The van der Waals surface area contributed by atoms with Crippen molar-refractivity contribution in [3.05, 3.63) is 65.1 Å². The predicted molar refractivity (Wildman–Crippen MR) is 90.9 cm³/mol. The molecule has 4 rings (SSSR count). The Bertz CT molecular complexity index is 1090. The van der Waals surface area contributed by atoms with Crippen LogP contribution in [0.15, 0.2) is 63.9 Å². The second-order valence-electron chi connectivity index (χ2n) is 5.51. The van der Waals surface area contributed by atoms with E-state index in [1.165, 1.54) is 6.07 Å². The van der Waals surface area contributed by atoms with Gasteiger partial charge in [0.1, 0.15) is 11.3 Å². The molecular formula is C19H15NO3. The number of hydrogen-bond acceptors (Lipinski definition) is 3. The molecule has 0 spiro atoms. The highest BCUT2D eigenvalue weighted by Crippen LogP contribution is 2.35. The Morgan fingerprint density at radius 3 is 2.78 bits per heavy atom. The molecule has 0 fully saturated rings. The van der Waals surface area contributed by atoms with Crippen LogP contribution < -0.4 is 10.4 Å². The number of nitrogens with zero attached hydrogens (tertiary/aromatic N) is 1. The Morgan fingerprint density at radius 2 is 1.96 bits per heavy atom. The molecule has 0 saturated heterocycles. The number of aryl methyl sites for hydroxylation is 1. The first-order valence-electron chi connectivity index (χ1n) is 7.34. The van der Waals surface area contributed by atoms with Crippen molar-refractivity contribution in [2.45, 2.75) is 0 Å². The molecule has 23 heavy (non-hydrogen) atoms. The molecule has 0 unspecified atom stereocenters. The van der Waals surface area contributed by atoms with Gasteiger partial charge in [-0.25, -0.2) is 4.79 Å². The Morgan fingerprint density at radius 1 is 1.09 bits per heavy atom. The third kappa shape index (κ3) is 2.11. The third-order valence-corrected chi connectivity index (χ3v) is 4.15. The highest BCUT2D eigenvalue weighted by Gasteiger charge is 2.13. The van der Waals surface area contributed by atoms with E-state index in [0.29, 0.717) is 11.3 Å². The van der Waals surface area contributed by atoms with Crippen molar-refractivity contribution >= 4 is 21.9 Å². The Balaban J connectivity index is 2.08. The lowest BCUT2D eigenvalue weighted by Crippen LogP contribution is -1.99. The summed E-state index contributed by atoms with van der Waals surface area (Å²) < 4.78 is 12.8. The van der Waals surface area contributed by atoms with E-state index in [-0.39, 0.29) is 5.63 Å². The fraction of sp³-hybridized carbons (Fsp3) is 0.105. The van der Waals surface area contributed by atoms with E-state index in [2.05, 4.69) is 22.8 Å². The van der Waals surface area contributed by atoms with E-state index in [1.807, 2.05) is 31.4 Å². The number of fused-ring (bicyclic) bond motifs is 2. The molecule has 0 aliphatic rings. The monoisotopic (exact) mass is 305 g/mol. The van der Waals surface area contributed by atoms with Crippen LogP contribution in [0.5, 0.6) is 5.75 Å². The minimum atomic E-state index is -0.367. The van der Waals surface area contributed by atoms with Crippen LogP contribution in [-0.2, 0) is 7.05 Å². The average Bonchev–Trinajstić information content (AvgIpc) is 2.94. The standard InChI is InChI=1S/C19H15NO3/c1-20-9-8-13-10-12(6-7-15(13)20)14-11-18(21)23-17-5-3-4-16(22-2)19(14)17/h3-11H,1-2H3. The maximum absolute atomic E-state index is 11.9. The van der Waals surface area contributed by atoms with Gasteiger partial charge in [0.25, 0.3) is 0 Å². The van der Waals surface area contributed by atoms with Crippen LogP contribution in [-0.4, -0.2) is 11.7 Å². The fourth-order valence-electron chi connectivity index (χ4n) is 3.04. The van der Waals surface area contributed by atoms with Crippen LogP contribution >= 0.6 is 0 Å². The van der Waals surface area contributed by atoms with Crippen LogP contribution in [0.1, 0.15) is 0 Å². The Hall–Kier alpha value is -3.01. The minimum Gasteiger partial charge on any atom is -0.496 e. The van der Waals surface area contributed by atoms with E-state index in [9.17, 15) is 4.79 Å². The highest BCUT2D eigenvalue weighted by atomic mass is 16.5. The summed E-state index contributed by atoms with van der Waals surface area (Å²) >= 11 is 0. The number of benzene rings is 2. The maximum Gasteiger partial charge on any atom is 0.336 e. The lowest BCUT2D eigenvalue weighted by molar-refractivity contribution is 0.419. The summed E-state index contributed by atoms with van der Waals surface area (Å²) in [6.45, 7) is 0. The number of hydrogen-bond donors (Lipinski definition) is 0. The van der Waals surface area contributed by atoms with Crippen molar-refractivity contribution in [2.75, 3.05) is 7.11 Å². The van der Waals surface area contributed by atoms with Gasteiger partial charge in [-0.1, -0.05) is 12.1 Å². The number of rotatable bonds is 2. The average molecular weight is 305 g/mol. The van der Waals surface area contributed by atoms with Gasteiger partial charge in [0, 0.05) is 35.8 Å². The van der Waals surface area contributed by atoms with Gasteiger partial charge in [-0.15, -0.1) is 0 Å². The molecule has 0 amide bonds. The lowest BCUT2D eigenvalue weighted by atomic mass is 10.00. The molecule has 0 bridgehead atoms. The van der Waals surface area contributed by atoms with Gasteiger partial charge in [-0.3, -0.25) is 0 Å². The number of ether oxygens (including phenoxy) is 1. The van der Waals surface area contributed by atoms with Gasteiger partial charge < -0.3 is 13.7 Å². The summed E-state index contributed by atoms with van der Waals surface area (Å²) in [6, 6.07) is 15.2. The van der Waals surface area contributed by atoms with Crippen LogP contribution in [0.2, 0.25) is 0 Å². The van der Waals surface area contributed by atoms with Gasteiger partial charge in [0.05, 0.1) is 12.5 Å². The zero-order valence-electron chi connectivity index (χ0n) is 12.9. The van der Waals surface area contributed by atoms with Gasteiger partial charge >= 0.3 is 5.63 Å². The van der Waals surface area contributed by atoms with Crippen LogP contribution in [0.4, 0.5) is 0 Å². The topological polar surface area (TPSA) is 44.4 Å². The first-order valence-corrected chi connectivity index (χ1v) is 7.34. The first kappa shape index (κ1) is 13.6. The number of methoxy groups -OCH3 is 1. The van der Waals surface area contributed by atoms with Crippen molar-refractivity contribution in [3.63, 3.8) is 0 Å². The van der Waals surface area contributed by atoms with E-state index >= 15 is 0 Å². The molecule has 4 aromatic rings.